The van der Waals surface area contributed by atoms with Gasteiger partial charge in [-0.3, -0.25) is 4.79 Å². The molecular weight excluding hydrogens is 262 g/mol. The zero-order valence-electron chi connectivity index (χ0n) is 7.51. The molecule has 6 heteroatoms. The maximum absolute atomic E-state index is 11.3. The van der Waals surface area contributed by atoms with Crippen molar-refractivity contribution in [2.75, 3.05) is 7.11 Å². The minimum Gasteiger partial charge on any atom is -0.465 e. The van der Waals surface area contributed by atoms with Crippen LogP contribution in [0.3, 0.4) is 0 Å². The Hall–Kier alpha value is -0.770. The molecule has 0 unspecified atom stereocenters. The normalized spacial score (nSPS) is 9.87. The van der Waals surface area contributed by atoms with Crippen molar-refractivity contribution in [3.63, 3.8) is 0 Å². The van der Waals surface area contributed by atoms with E-state index in [2.05, 4.69) is 4.74 Å². The van der Waals surface area contributed by atoms with E-state index >= 15 is 0 Å². The molecule has 1 aromatic carbocycles. The van der Waals surface area contributed by atoms with Crippen LogP contribution >= 0.6 is 34.8 Å². The Kier molecular flexibility index (Phi) is 3.97. The van der Waals surface area contributed by atoms with Crippen LogP contribution in [0.5, 0.6) is 0 Å². The summed E-state index contributed by atoms with van der Waals surface area (Å²) in [6.07, 6.45) is 0. The second-order valence-electron chi connectivity index (χ2n) is 2.55. The van der Waals surface area contributed by atoms with Gasteiger partial charge in [0.2, 0.25) is 0 Å². The number of esters is 1. The Labute approximate surface area is 101 Å². The van der Waals surface area contributed by atoms with Gasteiger partial charge in [0.15, 0.2) is 0 Å². The number of halogens is 3. The number of hydrogen-bond acceptors (Lipinski definition) is 3. The van der Waals surface area contributed by atoms with Crippen LogP contribution < -0.4 is 0 Å². The molecule has 0 aromatic heterocycles. The van der Waals surface area contributed by atoms with Crippen LogP contribution in [-0.4, -0.2) is 18.3 Å². The number of benzene rings is 1. The highest BCUT2D eigenvalue weighted by Crippen LogP contribution is 2.29. The topological polar surface area (TPSA) is 43.4 Å². The zero-order valence-corrected chi connectivity index (χ0v) is 9.78. The van der Waals surface area contributed by atoms with Gasteiger partial charge in [0, 0.05) is 0 Å². The van der Waals surface area contributed by atoms with Crippen molar-refractivity contribution in [2.24, 2.45) is 0 Å². The molecule has 0 atom stereocenters. The van der Waals surface area contributed by atoms with Crippen LogP contribution in [-0.2, 0) is 4.74 Å². The molecule has 3 nitrogen and oxygen atoms in total. The average molecular weight is 267 g/mol. The highest BCUT2D eigenvalue weighted by atomic mass is 35.5. The smallest absolute Gasteiger partial charge is 0.340 e. The van der Waals surface area contributed by atoms with Crippen molar-refractivity contribution >= 4 is 46.0 Å². The second-order valence-corrected chi connectivity index (χ2v) is 3.68. The van der Waals surface area contributed by atoms with E-state index in [1.807, 2.05) is 0 Å². The first kappa shape index (κ1) is 12.3. The molecule has 0 aliphatic heterocycles. The quantitative estimate of drug-likeness (QED) is 0.610. The largest absolute Gasteiger partial charge is 0.465 e. The summed E-state index contributed by atoms with van der Waals surface area (Å²) >= 11 is 16.8. The van der Waals surface area contributed by atoms with Crippen LogP contribution in [0.25, 0.3) is 0 Å². The van der Waals surface area contributed by atoms with Crippen molar-refractivity contribution in [3.05, 3.63) is 33.3 Å². The minimum atomic E-state index is -0.762. The van der Waals surface area contributed by atoms with Crippen LogP contribution in [0.4, 0.5) is 0 Å². The summed E-state index contributed by atoms with van der Waals surface area (Å²) in [6.45, 7) is 0. The van der Waals surface area contributed by atoms with Gasteiger partial charge in [-0.15, -0.1) is 0 Å². The number of methoxy groups -OCH3 is 1. The molecule has 0 saturated heterocycles. The highest BCUT2D eigenvalue weighted by Gasteiger charge is 2.20. The maximum Gasteiger partial charge on any atom is 0.340 e. The molecule has 0 bridgehead atoms. The summed E-state index contributed by atoms with van der Waals surface area (Å²) in [6, 6.07) is 2.70. The van der Waals surface area contributed by atoms with E-state index in [0.717, 1.165) is 0 Å². The van der Waals surface area contributed by atoms with Crippen molar-refractivity contribution < 1.29 is 14.3 Å². The Balaban J connectivity index is 3.43. The van der Waals surface area contributed by atoms with Gasteiger partial charge in [0.05, 0.1) is 28.3 Å². The maximum atomic E-state index is 11.3. The molecule has 0 spiro atoms. The first-order chi connectivity index (χ1) is 6.99. The SMILES string of the molecule is COC(=O)c1c(Cl)ccc(C(=O)Cl)c1Cl. The summed E-state index contributed by atoms with van der Waals surface area (Å²) in [4.78, 5) is 22.2. The summed E-state index contributed by atoms with van der Waals surface area (Å²) in [5, 5.41) is -0.760. The number of carbonyl (C=O) groups is 2. The Morgan fingerprint density at radius 2 is 1.87 bits per heavy atom. The summed E-state index contributed by atoms with van der Waals surface area (Å²) in [5.74, 6) is -0.718. The minimum absolute atomic E-state index is 0.0168. The molecule has 0 saturated carbocycles. The predicted octanol–water partition coefficient (Wildman–Crippen LogP) is 3.16. The van der Waals surface area contributed by atoms with Gasteiger partial charge in [-0.05, 0) is 23.7 Å². The van der Waals surface area contributed by atoms with Crippen LogP contribution in [0, 0.1) is 0 Å². The number of ether oxygens (including phenoxy) is 1. The monoisotopic (exact) mass is 266 g/mol. The van der Waals surface area contributed by atoms with Crippen LogP contribution in [0.1, 0.15) is 20.7 Å². The third-order valence-corrected chi connectivity index (χ3v) is 2.60. The van der Waals surface area contributed by atoms with Crippen molar-refractivity contribution in [1.82, 2.24) is 0 Å². The second kappa shape index (κ2) is 4.84. The highest BCUT2D eigenvalue weighted by molar-refractivity contribution is 6.69. The lowest BCUT2D eigenvalue weighted by Crippen LogP contribution is -2.05. The van der Waals surface area contributed by atoms with E-state index in [9.17, 15) is 9.59 Å². The number of rotatable bonds is 2. The molecule has 0 N–H and O–H groups in total. The molecule has 1 aromatic rings. The first-order valence-corrected chi connectivity index (χ1v) is 4.88. The predicted molar refractivity (Wildman–Crippen MR) is 58.0 cm³/mol. The first-order valence-electron chi connectivity index (χ1n) is 3.75. The Bertz CT molecular complexity index is 429. The van der Waals surface area contributed by atoms with Crippen LogP contribution in [0.2, 0.25) is 10.0 Å². The van der Waals surface area contributed by atoms with E-state index in [4.69, 9.17) is 34.8 Å². The van der Waals surface area contributed by atoms with Crippen molar-refractivity contribution in [2.45, 2.75) is 0 Å². The molecule has 0 amide bonds. The van der Waals surface area contributed by atoms with Crippen molar-refractivity contribution in [1.29, 1.82) is 0 Å². The van der Waals surface area contributed by atoms with Gasteiger partial charge < -0.3 is 4.74 Å². The molecule has 0 aliphatic carbocycles. The van der Waals surface area contributed by atoms with Gasteiger partial charge in [-0.1, -0.05) is 23.2 Å². The van der Waals surface area contributed by atoms with Crippen LogP contribution in [0.15, 0.2) is 12.1 Å². The molecule has 0 radical (unpaired) electrons. The van der Waals surface area contributed by atoms with Gasteiger partial charge in [0.1, 0.15) is 0 Å². The van der Waals surface area contributed by atoms with Gasteiger partial charge in [-0.25, -0.2) is 4.79 Å². The summed E-state index contributed by atoms with van der Waals surface area (Å²) in [5.41, 5.74) is -0.0459. The summed E-state index contributed by atoms with van der Waals surface area (Å²) < 4.78 is 4.47. The fraction of sp³-hybridized carbons (Fsp3) is 0.111. The average Bonchev–Trinajstić information content (AvgIpc) is 2.16. The number of carbonyl (C=O) groups excluding carboxylic acids is 2. The van der Waals surface area contributed by atoms with Crippen molar-refractivity contribution in [3.8, 4) is 0 Å². The fourth-order valence-corrected chi connectivity index (χ4v) is 1.81. The Morgan fingerprint density at radius 3 is 2.33 bits per heavy atom. The molecular formula is C9H5Cl3O3. The van der Waals surface area contributed by atoms with E-state index < -0.39 is 11.2 Å². The standard InChI is InChI=1S/C9H5Cl3O3/c1-15-9(14)6-5(10)3-2-4(7(6)11)8(12)13/h2-3H,1H3. The molecule has 0 heterocycles. The fourth-order valence-electron chi connectivity index (χ4n) is 0.993. The molecule has 1 rings (SSSR count). The van der Waals surface area contributed by atoms with E-state index in [1.54, 1.807) is 0 Å². The van der Waals surface area contributed by atoms with Gasteiger partial charge in [0.25, 0.3) is 5.24 Å². The van der Waals surface area contributed by atoms with Gasteiger partial charge >= 0.3 is 5.97 Å². The third-order valence-electron chi connectivity index (χ3n) is 1.69. The molecule has 15 heavy (non-hydrogen) atoms. The lowest BCUT2D eigenvalue weighted by molar-refractivity contribution is 0.0601. The molecule has 80 valence electrons. The lowest BCUT2D eigenvalue weighted by Gasteiger charge is -2.06. The number of hydrogen-bond donors (Lipinski definition) is 0. The summed E-state index contributed by atoms with van der Waals surface area (Å²) in [7, 11) is 1.18. The van der Waals surface area contributed by atoms with E-state index in [-0.39, 0.29) is 21.2 Å². The van der Waals surface area contributed by atoms with E-state index in [1.165, 1.54) is 19.2 Å². The Morgan fingerprint density at radius 1 is 1.27 bits per heavy atom. The third kappa shape index (κ3) is 2.43. The van der Waals surface area contributed by atoms with Gasteiger partial charge in [-0.2, -0.15) is 0 Å². The lowest BCUT2D eigenvalue weighted by atomic mass is 10.1. The van der Waals surface area contributed by atoms with E-state index in [0.29, 0.717) is 0 Å². The molecule has 0 aliphatic rings. The molecule has 0 fully saturated rings. The zero-order chi connectivity index (χ0) is 11.6.